The molecule has 3 nitrogen and oxygen atoms in total. The number of carbonyl (C=O) groups is 1. The number of hydrogen-bond acceptors (Lipinski definition) is 2. The lowest BCUT2D eigenvalue weighted by atomic mass is 9.76. The second kappa shape index (κ2) is 3.44. The Morgan fingerprint density at radius 1 is 1.67 bits per heavy atom. The van der Waals surface area contributed by atoms with Crippen molar-refractivity contribution in [2.24, 2.45) is 11.7 Å². The first-order chi connectivity index (χ1) is 5.58. The van der Waals surface area contributed by atoms with Gasteiger partial charge < -0.3 is 11.1 Å². The molecule has 0 aliphatic heterocycles. The highest BCUT2D eigenvalue weighted by atomic mass is 16.2. The summed E-state index contributed by atoms with van der Waals surface area (Å²) in [4.78, 5) is 11.4. The predicted octanol–water partition coefficient (Wildman–Crippen LogP) is 0.640. The van der Waals surface area contributed by atoms with Gasteiger partial charge in [0.05, 0.1) is 5.54 Å². The summed E-state index contributed by atoms with van der Waals surface area (Å²) in [6.07, 6.45) is 3.94. The fraction of sp³-hybridized carbons (Fsp3) is 0.889. The molecule has 3 heteroatoms. The molecule has 1 amide bonds. The molecule has 12 heavy (non-hydrogen) atoms. The summed E-state index contributed by atoms with van der Waals surface area (Å²) in [5.41, 5.74) is 5.40. The Bertz CT molecular complexity index is 181. The van der Waals surface area contributed by atoms with Gasteiger partial charge in [0.1, 0.15) is 0 Å². The van der Waals surface area contributed by atoms with Gasteiger partial charge in [0.2, 0.25) is 5.91 Å². The summed E-state index contributed by atoms with van der Waals surface area (Å²) in [7, 11) is 1.65. The van der Waals surface area contributed by atoms with Crippen LogP contribution in [0.25, 0.3) is 0 Å². The first-order valence-corrected chi connectivity index (χ1v) is 4.59. The lowest BCUT2D eigenvalue weighted by molar-refractivity contribution is -0.127. The molecular formula is C9H18N2O. The molecule has 0 bridgehead atoms. The Hall–Kier alpha value is -0.570. The molecule has 1 rings (SSSR count). The zero-order valence-corrected chi connectivity index (χ0v) is 7.89. The van der Waals surface area contributed by atoms with Gasteiger partial charge in [-0.1, -0.05) is 19.8 Å². The van der Waals surface area contributed by atoms with Gasteiger partial charge >= 0.3 is 0 Å². The maximum absolute atomic E-state index is 11.4. The fourth-order valence-electron chi connectivity index (χ4n) is 2.05. The van der Waals surface area contributed by atoms with Crippen molar-refractivity contribution in [1.82, 2.24) is 5.32 Å². The maximum Gasteiger partial charge on any atom is 0.239 e. The second-order valence-electron chi connectivity index (χ2n) is 3.94. The van der Waals surface area contributed by atoms with Crippen LogP contribution >= 0.6 is 0 Å². The average Bonchev–Trinajstić information content (AvgIpc) is 2.02. The number of carbonyl (C=O) groups excluding carboxylic acids is 1. The molecule has 2 atom stereocenters. The van der Waals surface area contributed by atoms with Gasteiger partial charge in [-0.25, -0.2) is 0 Å². The van der Waals surface area contributed by atoms with E-state index in [1.165, 1.54) is 6.42 Å². The summed E-state index contributed by atoms with van der Waals surface area (Å²) in [5.74, 6) is 0.579. The number of amides is 1. The SMILES string of the molecule is CNC(=O)C1(N)CCCC(C)C1. The van der Waals surface area contributed by atoms with Crippen molar-refractivity contribution in [2.45, 2.75) is 38.1 Å². The van der Waals surface area contributed by atoms with E-state index in [-0.39, 0.29) is 5.91 Å². The van der Waals surface area contributed by atoms with Gasteiger partial charge in [0.25, 0.3) is 0 Å². The molecule has 3 N–H and O–H groups in total. The van der Waals surface area contributed by atoms with Crippen LogP contribution in [0.3, 0.4) is 0 Å². The van der Waals surface area contributed by atoms with E-state index in [0.29, 0.717) is 5.92 Å². The van der Waals surface area contributed by atoms with E-state index in [1.54, 1.807) is 7.05 Å². The topological polar surface area (TPSA) is 55.1 Å². The molecule has 0 spiro atoms. The Morgan fingerprint density at radius 3 is 2.83 bits per heavy atom. The zero-order chi connectivity index (χ0) is 9.19. The molecule has 1 aliphatic rings. The molecule has 70 valence electrons. The zero-order valence-electron chi connectivity index (χ0n) is 7.89. The van der Waals surface area contributed by atoms with Gasteiger partial charge in [-0.3, -0.25) is 4.79 Å². The fourth-order valence-corrected chi connectivity index (χ4v) is 2.05. The van der Waals surface area contributed by atoms with Crippen molar-refractivity contribution < 1.29 is 4.79 Å². The number of rotatable bonds is 1. The largest absolute Gasteiger partial charge is 0.358 e. The van der Waals surface area contributed by atoms with Crippen LogP contribution in [0.4, 0.5) is 0 Å². The highest BCUT2D eigenvalue weighted by Gasteiger charge is 2.36. The molecule has 0 heterocycles. The van der Waals surface area contributed by atoms with Gasteiger partial charge in [0, 0.05) is 7.05 Å². The highest BCUT2D eigenvalue weighted by molar-refractivity contribution is 5.85. The summed E-state index contributed by atoms with van der Waals surface area (Å²) >= 11 is 0. The van der Waals surface area contributed by atoms with E-state index in [9.17, 15) is 4.79 Å². The van der Waals surface area contributed by atoms with Crippen LogP contribution in [0, 0.1) is 5.92 Å². The average molecular weight is 170 g/mol. The van der Waals surface area contributed by atoms with Crippen LogP contribution in [-0.2, 0) is 4.79 Å². The third kappa shape index (κ3) is 1.78. The van der Waals surface area contributed by atoms with Gasteiger partial charge in [-0.05, 0) is 18.8 Å². The van der Waals surface area contributed by atoms with E-state index in [4.69, 9.17) is 5.73 Å². The van der Waals surface area contributed by atoms with Crippen LogP contribution < -0.4 is 11.1 Å². The van der Waals surface area contributed by atoms with E-state index >= 15 is 0 Å². The predicted molar refractivity (Wildman–Crippen MR) is 48.6 cm³/mol. The van der Waals surface area contributed by atoms with Crippen LogP contribution in [-0.4, -0.2) is 18.5 Å². The minimum Gasteiger partial charge on any atom is -0.358 e. The summed E-state index contributed by atoms with van der Waals surface area (Å²) < 4.78 is 0. The minimum absolute atomic E-state index is 0.00551. The van der Waals surface area contributed by atoms with E-state index < -0.39 is 5.54 Å². The van der Waals surface area contributed by atoms with Crippen LogP contribution in [0.1, 0.15) is 32.6 Å². The Balaban J connectivity index is 2.63. The van der Waals surface area contributed by atoms with Crippen molar-refractivity contribution in [3.05, 3.63) is 0 Å². The van der Waals surface area contributed by atoms with Crippen molar-refractivity contribution in [1.29, 1.82) is 0 Å². The Labute approximate surface area is 73.7 Å². The van der Waals surface area contributed by atoms with E-state index in [1.807, 2.05) is 0 Å². The molecule has 1 fully saturated rings. The van der Waals surface area contributed by atoms with E-state index in [2.05, 4.69) is 12.2 Å². The first-order valence-electron chi connectivity index (χ1n) is 4.59. The summed E-state index contributed by atoms with van der Waals surface area (Å²) in [5, 5.41) is 2.63. The van der Waals surface area contributed by atoms with Crippen molar-refractivity contribution in [3.8, 4) is 0 Å². The minimum atomic E-state index is -0.591. The van der Waals surface area contributed by atoms with Crippen molar-refractivity contribution in [2.75, 3.05) is 7.05 Å². The van der Waals surface area contributed by atoms with Crippen molar-refractivity contribution in [3.63, 3.8) is 0 Å². The van der Waals surface area contributed by atoms with Crippen molar-refractivity contribution >= 4 is 5.91 Å². The quantitative estimate of drug-likeness (QED) is 0.606. The number of nitrogens with two attached hydrogens (primary N) is 1. The lowest BCUT2D eigenvalue weighted by Gasteiger charge is -2.34. The molecule has 1 saturated carbocycles. The first kappa shape index (κ1) is 9.52. The Kier molecular flexibility index (Phi) is 2.73. The molecule has 0 aromatic carbocycles. The number of likely N-dealkylation sites (N-methyl/N-ethyl adjacent to an activating group) is 1. The van der Waals surface area contributed by atoms with Gasteiger partial charge in [-0.15, -0.1) is 0 Å². The second-order valence-corrected chi connectivity index (χ2v) is 3.94. The summed E-state index contributed by atoms with van der Waals surface area (Å²) in [6, 6.07) is 0. The number of hydrogen-bond donors (Lipinski definition) is 2. The van der Waals surface area contributed by atoms with E-state index in [0.717, 1.165) is 19.3 Å². The molecular weight excluding hydrogens is 152 g/mol. The Morgan fingerprint density at radius 2 is 2.33 bits per heavy atom. The lowest BCUT2D eigenvalue weighted by Crippen LogP contribution is -2.55. The van der Waals surface area contributed by atoms with Crippen LogP contribution in [0.5, 0.6) is 0 Å². The third-order valence-electron chi connectivity index (χ3n) is 2.71. The molecule has 1 aliphatic carbocycles. The highest BCUT2D eigenvalue weighted by Crippen LogP contribution is 2.30. The monoisotopic (exact) mass is 170 g/mol. The van der Waals surface area contributed by atoms with Crippen LogP contribution in [0.15, 0.2) is 0 Å². The molecule has 2 unspecified atom stereocenters. The third-order valence-corrected chi connectivity index (χ3v) is 2.71. The van der Waals surface area contributed by atoms with Gasteiger partial charge in [-0.2, -0.15) is 0 Å². The molecule has 0 aromatic heterocycles. The normalized spacial score (nSPS) is 36.1. The molecule has 0 radical (unpaired) electrons. The molecule has 0 saturated heterocycles. The van der Waals surface area contributed by atoms with Crippen LogP contribution in [0.2, 0.25) is 0 Å². The maximum atomic E-state index is 11.4. The smallest absolute Gasteiger partial charge is 0.239 e. The molecule has 0 aromatic rings. The number of nitrogens with one attached hydrogen (secondary N) is 1. The standard InChI is InChI=1S/C9H18N2O/c1-7-4-3-5-9(10,6-7)8(12)11-2/h7H,3-6,10H2,1-2H3,(H,11,12). The van der Waals surface area contributed by atoms with Gasteiger partial charge in [0.15, 0.2) is 0 Å². The summed E-state index contributed by atoms with van der Waals surface area (Å²) in [6.45, 7) is 2.16.